The van der Waals surface area contributed by atoms with Crippen LogP contribution in [0.1, 0.15) is 27.5 Å². The molecular formula is C13H17P. The molecule has 1 atom stereocenters. The van der Waals surface area contributed by atoms with Crippen molar-refractivity contribution >= 4 is 18.7 Å². The molecule has 0 aliphatic heterocycles. The predicted octanol–water partition coefficient (Wildman–Crippen LogP) is 4.41. The zero-order chi connectivity index (χ0) is 10.5. The Kier molecular flexibility index (Phi) is 2.20. The molecule has 0 aliphatic carbocycles. The van der Waals surface area contributed by atoms with Crippen LogP contribution >= 0.6 is 8.19 Å². The molecule has 2 rings (SSSR count). The third kappa shape index (κ3) is 1.21. The molecule has 1 aromatic heterocycles. The van der Waals surface area contributed by atoms with Gasteiger partial charge in [0.1, 0.15) is 0 Å². The molecule has 0 amide bonds. The molecule has 0 saturated carbocycles. The molecule has 0 bridgehead atoms. The first-order valence-electron chi connectivity index (χ1n) is 5.08. The molecule has 0 saturated heterocycles. The minimum atomic E-state index is 0.903. The Balaban J connectivity index is 2.99. The number of fused-ring (bicyclic) bond motifs is 1. The molecule has 1 aromatic carbocycles. The summed E-state index contributed by atoms with van der Waals surface area (Å²) in [5.41, 5.74) is 5.90. The molecule has 0 aliphatic rings. The Bertz CT molecular complexity index is 504. The summed E-state index contributed by atoms with van der Waals surface area (Å²) in [5.74, 6) is 0. The van der Waals surface area contributed by atoms with Crippen LogP contribution in [0.5, 0.6) is 0 Å². The minimum Gasteiger partial charge on any atom is -0.128 e. The fourth-order valence-corrected chi connectivity index (χ4v) is 3.65. The van der Waals surface area contributed by atoms with E-state index in [0.717, 1.165) is 8.19 Å². The zero-order valence-corrected chi connectivity index (χ0v) is 10.6. The van der Waals surface area contributed by atoms with Gasteiger partial charge in [0.2, 0.25) is 0 Å². The van der Waals surface area contributed by atoms with Crippen LogP contribution in [-0.4, -0.2) is 0 Å². The van der Waals surface area contributed by atoms with Crippen LogP contribution in [0.15, 0.2) is 6.07 Å². The van der Waals surface area contributed by atoms with Gasteiger partial charge in [0.15, 0.2) is 0 Å². The topological polar surface area (TPSA) is 0 Å². The van der Waals surface area contributed by atoms with Crippen LogP contribution in [-0.2, 0) is 0 Å². The monoisotopic (exact) mass is 204 g/mol. The third-order valence-corrected chi connectivity index (χ3v) is 4.83. The Morgan fingerprint density at radius 2 is 1.50 bits per heavy atom. The Morgan fingerprint density at radius 1 is 0.857 bits per heavy atom. The van der Waals surface area contributed by atoms with Crippen molar-refractivity contribution < 1.29 is 0 Å². The summed E-state index contributed by atoms with van der Waals surface area (Å²) < 4.78 is 0. The van der Waals surface area contributed by atoms with E-state index in [1.54, 1.807) is 10.4 Å². The molecule has 0 spiro atoms. The van der Waals surface area contributed by atoms with E-state index in [4.69, 9.17) is 0 Å². The second-order valence-electron chi connectivity index (χ2n) is 4.24. The van der Waals surface area contributed by atoms with Crippen molar-refractivity contribution in [2.75, 3.05) is 0 Å². The third-order valence-electron chi connectivity index (χ3n) is 3.42. The minimum absolute atomic E-state index is 0.903. The van der Waals surface area contributed by atoms with E-state index in [0.29, 0.717) is 0 Å². The van der Waals surface area contributed by atoms with Gasteiger partial charge in [-0.05, 0) is 78.7 Å². The van der Waals surface area contributed by atoms with Crippen LogP contribution in [0.2, 0.25) is 0 Å². The van der Waals surface area contributed by atoms with E-state index in [9.17, 15) is 0 Å². The lowest BCUT2D eigenvalue weighted by molar-refractivity contribution is 1.29. The summed E-state index contributed by atoms with van der Waals surface area (Å²) in [5, 5.41) is 4.65. The summed E-state index contributed by atoms with van der Waals surface area (Å²) in [6, 6.07) is 2.37. The van der Waals surface area contributed by atoms with Crippen molar-refractivity contribution in [2.24, 2.45) is 0 Å². The molecule has 74 valence electrons. The van der Waals surface area contributed by atoms with Crippen molar-refractivity contribution in [3.63, 3.8) is 0 Å². The maximum atomic E-state index is 2.37. The second-order valence-corrected chi connectivity index (χ2v) is 5.78. The first-order valence-corrected chi connectivity index (χ1v) is 6.08. The highest BCUT2D eigenvalue weighted by Crippen LogP contribution is 2.38. The number of aryl methyl sites for hydroxylation is 4. The smallest absolute Gasteiger partial charge is 0.000741 e. The second kappa shape index (κ2) is 3.14. The summed E-state index contributed by atoms with van der Waals surface area (Å²) in [6.45, 7) is 11.2. The predicted molar refractivity (Wildman–Crippen MR) is 67.1 cm³/mol. The lowest BCUT2D eigenvalue weighted by Crippen LogP contribution is -1.87. The Morgan fingerprint density at radius 3 is 2.14 bits per heavy atom. The molecular weight excluding hydrogens is 187 g/mol. The normalized spacial score (nSPS) is 11.8. The van der Waals surface area contributed by atoms with Gasteiger partial charge in [0.25, 0.3) is 0 Å². The van der Waals surface area contributed by atoms with Crippen LogP contribution in [0, 0.1) is 34.6 Å². The zero-order valence-electron chi connectivity index (χ0n) is 9.58. The van der Waals surface area contributed by atoms with Crippen LogP contribution in [0.3, 0.4) is 0 Å². The average molecular weight is 204 g/mol. The van der Waals surface area contributed by atoms with Crippen molar-refractivity contribution in [3.05, 3.63) is 33.6 Å². The van der Waals surface area contributed by atoms with Crippen molar-refractivity contribution in [1.82, 2.24) is 0 Å². The highest BCUT2D eigenvalue weighted by Gasteiger charge is 2.09. The Hall–Kier alpha value is -0.740. The largest absolute Gasteiger partial charge is 0.128 e. The van der Waals surface area contributed by atoms with E-state index in [-0.39, 0.29) is 0 Å². The molecule has 0 N–H and O–H groups in total. The first-order chi connectivity index (χ1) is 6.52. The molecule has 1 heterocycles. The summed E-state index contributed by atoms with van der Waals surface area (Å²) in [4.78, 5) is 0. The lowest BCUT2D eigenvalue weighted by Gasteiger charge is -2.07. The van der Waals surface area contributed by atoms with E-state index in [1.807, 2.05) is 0 Å². The van der Waals surface area contributed by atoms with Gasteiger partial charge in [-0.25, -0.2) is 0 Å². The Labute approximate surface area is 87.4 Å². The van der Waals surface area contributed by atoms with Gasteiger partial charge in [-0.1, -0.05) is 0 Å². The van der Waals surface area contributed by atoms with E-state index in [1.165, 1.54) is 27.6 Å². The van der Waals surface area contributed by atoms with E-state index >= 15 is 0 Å². The van der Waals surface area contributed by atoms with Crippen LogP contribution < -0.4 is 0 Å². The summed E-state index contributed by atoms with van der Waals surface area (Å²) in [6.07, 6.45) is 0. The summed E-state index contributed by atoms with van der Waals surface area (Å²) in [7, 11) is 0.903. The molecule has 1 unspecified atom stereocenters. The molecule has 0 nitrogen and oxygen atoms in total. The van der Waals surface area contributed by atoms with Gasteiger partial charge in [0, 0.05) is 0 Å². The lowest BCUT2D eigenvalue weighted by atomic mass is 9.98. The van der Waals surface area contributed by atoms with Crippen molar-refractivity contribution in [2.45, 2.75) is 34.6 Å². The maximum Gasteiger partial charge on any atom is -0.000741 e. The van der Waals surface area contributed by atoms with Gasteiger partial charge in [-0.15, -0.1) is 8.19 Å². The van der Waals surface area contributed by atoms with Crippen molar-refractivity contribution in [3.8, 4) is 0 Å². The average Bonchev–Trinajstić information content (AvgIpc) is 2.39. The van der Waals surface area contributed by atoms with Gasteiger partial charge < -0.3 is 0 Å². The van der Waals surface area contributed by atoms with E-state index < -0.39 is 0 Å². The van der Waals surface area contributed by atoms with Gasteiger partial charge >= 0.3 is 0 Å². The fourth-order valence-electron chi connectivity index (χ4n) is 2.15. The van der Waals surface area contributed by atoms with E-state index in [2.05, 4.69) is 40.7 Å². The van der Waals surface area contributed by atoms with Gasteiger partial charge in [-0.3, -0.25) is 0 Å². The number of benzene rings is 1. The molecule has 2 aromatic rings. The van der Waals surface area contributed by atoms with Crippen LogP contribution in [0.25, 0.3) is 10.5 Å². The SMILES string of the molecule is Cc1cc2[pH]c(C)c(C)c2c(C)c1C. The van der Waals surface area contributed by atoms with Crippen LogP contribution in [0.4, 0.5) is 0 Å². The molecule has 0 radical (unpaired) electrons. The number of hydrogen-bond acceptors (Lipinski definition) is 0. The highest BCUT2D eigenvalue weighted by molar-refractivity contribution is 7.38. The maximum absolute atomic E-state index is 2.37. The first kappa shape index (κ1) is 9.80. The van der Waals surface area contributed by atoms with Crippen molar-refractivity contribution in [1.29, 1.82) is 0 Å². The molecule has 14 heavy (non-hydrogen) atoms. The highest BCUT2D eigenvalue weighted by atomic mass is 31.0. The molecule has 1 heteroatoms. The van der Waals surface area contributed by atoms with Gasteiger partial charge in [0.05, 0.1) is 0 Å². The number of hydrogen-bond donors (Lipinski definition) is 0. The summed E-state index contributed by atoms with van der Waals surface area (Å²) >= 11 is 0. The number of rotatable bonds is 0. The van der Waals surface area contributed by atoms with Gasteiger partial charge in [-0.2, -0.15) is 0 Å². The molecule has 0 fully saturated rings. The quantitative estimate of drug-likeness (QED) is 0.596. The standard InChI is InChI=1S/C13H17P/c1-7-6-12-13(9(3)8(7)2)10(4)11(5)14-12/h6,14H,1-5H3. The fraction of sp³-hybridized carbons (Fsp3) is 0.385.